The Morgan fingerprint density at radius 3 is 2.46 bits per heavy atom. The average Bonchev–Trinajstić information content (AvgIpc) is 2.10. The van der Waals surface area contributed by atoms with E-state index in [1.54, 1.807) is 12.1 Å². The summed E-state index contributed by atoms with van der Waals surface area (Å²) >= 11 is 0. The molecule has 3 nitrogen and oxygen atoms in total. The van der Waals surface area contributed by atoms with E-state index >= 15 is 0 Å². The Kier molecular flexibility index (Phi) is 2.93. The summed E-state index contributed by atoms with van der Waals surface area (Å²) in [6, 6.07) is 6.43. The maximum Gasteiger partial charge on any atom is 0.126 e. The Labute approximate surface area is 76.2 Å². The van der Waals surface area contributed by atoms with E-state index in [9.17, 15) is 10.2 Å². The van der Waals surface area contributed by atoms with Gasteiger partial charge in [-0.05, 0) is 12.1 Å². The number of rotatable bonds is 2. The molecule has 3 heteroatoms. The van der Waals surface area contributed by atoms with E-state index in [1.165, 1.54) is 18.2 Å². The molecule has 1 aromatic rings. The molecule has 0 aliphatic carbocycles. The number of phenolic OH excluding ortho intramolecular Hbond substituents is 2. The van der Waals surface area contributed by atoms with Gasteiger partial charge in [-0.1, -0.05) is 18.2 Å². The molecule has 0 aliphatic heterocycles. The van der Waals surface area contributed by atoms with Crippen molar-refractivity contribution in [2.75, 3.05) is 0 Å². The first-order chi connectivity index (χ1) is 6.25. The molecule has 0 amide bonds. The van der Waals surface area contributed by atoms with Crippen LogP contribution in [-0.2, 0) is 0 Å². The first kappa shape index (κ1) is 9.14. The quantitative estimate of drug-likeness (QED) is 0.722. The van der Waals surface area contributed by atoms with Crippen molar-refractivity contribution in [1.82, 2.24) is 0 Å². The highest BCUT2D eigenvalue weighted by molar-refractivity contribution is 5.63. The van der Waals surface area contributed by atoms with Crippen molar-refractivity contribution < 1.29 is 10.2 Å². The molecule has 0 saturated heterocycles. The molecule has 0 fully saturated rings. The van der Waals surface area contributed by atoms with Gasteiger partial charge in [-0.3, -0.25) is 0 Å². The van der Waals surface area contributed by atoms with Crippen LogP contribution in [-0.4, -0.2) is 10.2 Å². The zero-order valence-electron chi connectivity index (χ0n) is 6.94. The van der Waals surface area contributed by atoms with Crippen molar-refractivity contribution in [3.05, 3.63) is 29.8 Å². The molecule has 0 aliphatic rings. The van der Waals surface area contributed by atoms with Crippen molar-refractivity contribution in [3.63, 3.8) is 0 Å². The molecule has 13 heavy (non-hydrogen) atoms. The third-order valence-corrected chi connectivity index (χ3v) is 1.55. The summed E-state index contributed by atoms with van der Waals surface area (Å²) in [5.74, 6) is 0.0170. The lowest BCUT2D eigenvalue weighted by Crippen LogP contribution is -1.75. The van der Waals surface area contributed by atoms with Gasteiger partial charge < -0.3 is 10.2 Å². The van der Waals surface area contributed by atoms with Gasteiger partial charge >= 0.3 is 0 Å². The van der Waals surface area contributed by atoms with E-state index in [0.717, 1.165) is 0 Å². The lowest BCUT2D eigenvalue weighted by atomic mass is 10.1. The molecule has 0 unspecified atom stereocenters. The highest BCUT2D eigenvalue weighted by atomic mass is 16.3. The number of aromatic hydroxyl groups is 2. The van der Waals surface area contributed by atoms with Gasteiger partial charge in [-0.25, -0.2) is 0 Å². The van der Waals surface area contributed by atoms with Crippen LogP contribution in [0.3, 0.4) is 0 Å². The number of nitrogens with zero attached hydrogens (tertiary/aromatic N) is 1. The van der Waals surface area contributed by atoms with Gasteiger partial charge in [-0.15, -0.1) is 0 Å². The number of hydrogen-bond acceptors (Lipinski definition) is 3. The molecule has 1 rings (SSSR count). The van der Waals surface area contributed by atoms with Crippen LogP contribution in [0.4, 0.5) is 0 Å². The molecule has 0 aromatic heterocycles. The summed E-state index contributed by atoms with van der Waals surface area (Å²) in [6.45, 7) is 0. The minimum Gasteiger partial charge on any atom is -0.507 e. The second kappa shape index (κ2) is 4.17. The first-order valence-corrected chi connectivity index (χ1v) is 3.80. The normalized spacial score (nSPS) is 10.1. The van der Waals surface area contributed by atoms with Crippen LogP contribution in [0.15, 0.2) is 24.3 Å². The van der Waals surface area contributed by atoms with Crippen molar-refractivity contribution in [1.29, 1.82) is 5.26 Å². The first-order valence-electron chi connectivity index (χ1n) is 3.80. The van der Waals surface area contributed by atoms with Gasteiger partial charge in [0.1, 0.15) is 11.5 Å². The van der Waals surface area contributed by atoms with Crippen LogP contribution in [0.2, 0.25) is 0 Å². The predicted molar refractivity (Wildman–Crippen MR) is 49.0 cm³/mol. The summed E-state index contributed by atoms with van der Waals surface area (Å²) in [5.41, 5.74) is 0.345. The summed E-state index contributed by atoms with van der Waals surface area (Å²) in [4.78, 5) is 0. The summed E-state index contributed by atoms with van der Waals surface area (Å²) in [5, 5.41) is 26.8. The van der Waals surface area contributed by atoms with E-state index in [1.807, 2.05) is 6.07 Å². The molecule has 0 heterocycles. The van der Waals surface area contributed by atoms with Crippen molar-refractivity contribution in [3.8, 4) is 17.6 Å². The minimum atomic E-state index is 0.00851. The number of nitriles is 1. The number of hydrogen-bond donors (Lipinski definition) is 2. The zero-order valence-corrected chi connectivity index (χ0v) is 6.94. The number of phenols is 2. The highest BCUT2D eigenvalue weighted by Gasteiger charge is 2.01. The number of benzene rings is 1. The molecule has 66 valence electrons. The van der Waals surface area contributed by atoms with E-state index in [4.69, 9.17) is 5.26 Å². The van der Waals surface area contributed by atoms with Crippen LogP contribution in [0.1, 0.15) is 12.0 Å². The summed E-state index contributed by atoms with van der Waals surface area (Å²) in [6.07, 6.45) is 3.36. The fraction of sp³-hybridized carbons (Fsp3) is 0.100. The Morgan fingerprint density at radius 1 is 1.31 bits per heavy atom. The van der Waals surface area contributed by atoms with Crippen molar-refractivity contribution in [2.24, 2.45) is 0 Å². The molecule has 0 bridgehead atoms. The topological polar surface area (TPSA) is 64.2 Å². The molecular formula is C10H9NO2. The van der Waals surface area contributed by atoms with Crippen LogP contribution in [0.25, 0.3) is 6.08 Å². The zero-order chi connectivity index (χ0) is 9.68. The van der Waals surface area contributed by atoms with Gasteiger partial charge in [0, 0.05) is 0 Å². The molecular weight excluding hydrogens is 166 g/mol. The fourth-order valence-corrected chi connectivity index (χ4v) is 0.941. The van der Waals surface area contributed by atoms with E-state index < -0.39 is 0 Å². The smallest absolute Gasteiger partial charge is 0.126 e. The Bertz CT molecular complexity index is 343. The molecule has 0 atom stereocenters. The second-order valence-electron chi connectivity index (χ2n) is 2.47. The summed E-state index contributed by atoms with van der Waals surface area (Å²) < 4.78 is 0. The van der Waals surface area contributed by atoms with E-state index in [-0.39, 0.29) is 17.9 Å². The standard InChI is InChI=1S/C10H9NO2/c11-7-2-1-4-8-9(12)5-3-6-10(8)13/h1,3-6,12-13H,2H2. The van der Waals surface area contributed by atoms with Gasteiger partial charge in [0.15, 0.2) is 0 Å². The van der Waals surface area contributed by atoms with Crippen LogP contribution in [0.5, 0.6) is 11.5 Å². The van der Waals surface area contributed by atoms with Crippen LogP contribution >= 0.6 is 0 Å². The van der Waals surface area contributed by atoms with Gasteiger partial charge in [0.25, 0.3) is 0 Å². The molecule has 1 aromatic carbocycles. The predicted octanol–water partition coefficient (Wildman–Crippen LogP) is 2.02. The largest absolute Gasteiger partial charge is 0.507 e. The third kappa shape index (κ3) is 2.24. The maximum absolute atomic E-state index is 9.30. The third-order valence-electron chi connectivity index (χ3n) is 1.55. The SMILES string of the molecule is N#CCC=Cc1c(O)cccc1O. The van der Waals surface area contributed by atoms with Gasteiger partial charge in [0.2, 0.25) is 0 Å². The monoisotopic (exact) mass is 175 g/mol. The average molecular weight is 175 g/mol. The highest BCUT2D eigenvalue weighted by Crippen LogP contribution is 2.27. The fourth-order valence-electron chi connectivity index (χ4n) is 0.941. The molecule has 0 radical (unpaired) electrons. The van der Waals surface area contributed by atoms with E-state index in [2.05, 4.69) is 0 Å². The van der Waals surface area contributed by atoms with E-state index in [0.29, 0.717) is 5.56 Å². The Morgan fingerprint density at radius 2 is 1.92 bits per heavy atom. The van der Waals surface area contributed by atoms with Crippen LogP contribution in [0, 0.1) is 11.3 Å². The second-order valence-corrected chi connectivity index (χ2v) is 2.47. The maximum atomic E-state index is 9.30. The Hall–Kier alpha value is -1.95. The lowest BCUT2D eigenvalue weighted by molar-refractivity contribution is 0.448. The van der Waals surface area contributed by atoms with Gasteiger partial charge in [0.05, 0.1) is 18.1 Å². The summed E-state index contributed by atoms with van der Waals surface area (Å²) in [7, 11) is 0. The number of allylic oxidation sites excluding steroid dienone is 1. The molecule has 2 N–H and O–H groups in total. The van der Waals surface area contributed by atoms with Crippen LogP contribution < -0.4 is 0 Å². The minimum absolute atomic E-state index is 0.00851. The lowest BCUT2D eigenvalue weighted by Gasteiger charge is -2.00. The van der Waals surface area contributed by atoms with Crippen molar-refractivity contribution in [2.45, 2.75) is 6.42 Å². The van der Waals surface area contributed by atoms with Crippen molar-refractivity contribution >= 4 is 6.08 Å². The Balaban J connectivity index is 2.94. The molecule has 0 spiro atoms. The van der Waals surface area contributed by atoms with Gasteiger partial charge in [-0.2, -0.15) is 5.26 Å². The molecule has 0 saturated carbocycles.